The van der Waals surface area contributed by atoms with E-state index in [1.54, 1.807) is 31.2 Å². The zero-order valence-electron chi connectivity index (χ0n) is 13.8. The van der Waals surface area contributed by atoms with Crippen LogP contribution < -0.4 is 9.47 Å². The van der Waals surface area contributed by atoms with E-state index in [2.05, 4.69) is 0 Å². The molecule has 2 aromatic rings. The average molecular weight is 358 g/mol. The molecule has 2 aromatic carbocycles. The van der Waals surface area contributed by atoms with Gasteiger partial charge in [0, 0.05) is 13.1 Å². The summed E-state index contributed by atoms with van der Waals surface area (Å²) in [5.41, 5.74) is 0.937. The number of ether oxygens (including phenoxy) is 2. The summed E-state index contributed by atoms with van der Waals surface area (Å²) in [7, 11) is -3.77. The molecule has 6 nitrogen and oxygen atoms in total. The van der Waals surface area contributed by atoms with E-state index in [9.17, 15) is 13.7 Å². The second-order valence-electron chi connectivity index (χ2n) is 5.52. The lowest BCUT2D eigenvalue weighted by molar-refractivity contribution is 0.171. The number of sulfonamides is 1. The van der Waals surface area contributed by atoms with Crippen molar-refractivity contribution >= 4 is 10.0 Å². The molecular weight excluding hydrogens is 340 g/mol. The van der Waals surface area contributed by atoms with Gasteiger partial charge < -0.3 is 9.47 Å². The highest BCUT2D eigenvalue weighted by molar-refractivity contribution is 7.89. The molecular formula is C18H18N2O4S. The van der Waals surface area contributed by atoms with Gasteiger partial charge in [-0.05, 0) is 29.8 Å². The van der Waals surface area contributed by atoms with E-state index >= 15 is 0 Å². The third-order valence-corrected chi connectivity index (χ3v) is 5.92. The van der Waals surface area contributed by atoms with Gasteiger partial charge in [0.15, 0.2) is 11.5 Å². The topological polar surface area (TPSA) is 79.6 Å². The van der Waals surface area contributed by atoms with Gasteiger partial charge in [0.25, 0.3) is 0 Å². The quantitative estimate of drug-likeness (QED) is 0.821. The van der Waals surface area contributed by atoms with Crippen LogP contribution in [0.15, 0.2) is 47.4 Å². The lowest BCUT2D eigenvalue weighted by Gasteiger charge is -2.23. The molecule has 0 saturated carbocycles. The fourth-order valence-corrected chi connectivity index (χ4v) is 4.26. The summed E-state index contributed by atoms with van der Waals surface area (Å²) in [4.78, 5) is 0.0249. The SMILES string of the molecule is CCN(Cc1ccc2c(c1)OCCO2)S(=O)(=O)c1ccccc1C#N. The third kappa shape index (κ3) is 3.45. The number of benzene rings is 2. The number of hydrogen-bond acceptors (Lipinski definition) is 5. The minimum Gasteiger partial charge on any atom is -0.486 e. The largest absolute Gasteiger partial charge is 0.486 e. The Morgan fingerprint density at radius 1 is 1.12 bits per heavy atom. The van der Waals surface area contributed by atoms with E-state index < -0.39 is 10.0 Å². The Bertz CT molecular complexity index is 919. The van der Waals surface area contributed by atoms with E-state index in [0.717, 1.165) is 5.56 Å². The van der Waals surface area contributed by atoms with Crippen molar-refractivity contribution in [2.24, 2.45) is 0 Å². The van der Waals surface area contributed by atoms with Crippen LogP contribution in [0.2, 0.25) is 0 Å². The highest BCUT2D eigenvalue weighted by Gasteiger charge is 2.26. The fourth-order valence-electron chi connectivity index (χ4n) is 2.68. The molecule has 0 unspecified atom stereocenters. The molecule has 1 aliphatic rings. The Hall–Kier alpha value is -2.56. The van der Waals surface area contributed by atoms with Crippen LogP contribution >= 0.6 is 0 Å². The van der Waals surface area contributed by atoms with Crippen molar-refractivity contribution in [3.05, 3.63) is 53.6 Å². The molecule has 0 aromatic heterocycles. The maximum atomic E-state index is 13.0. The molecule has 130 valence electrons. The summed E-state index contributed by atoms with van der Waals surface area (Å²) in [5.74, 6) is 1.28. The zero-order valence-corrected chi connectivity index (χ0v) is 14.6. The molecule has 1 aliphatic heterocycles. The summed E-state index contributed by atoms with van der Waals surface area (Å²) in [6, 6.07) is 13.6. The maximum Gasteiger partial charge on any atom is 0.244 e. The minimum absolute atomic E-state index is 0.0249. The van der Waals surface area contributed by atoms with Crippen LogP contribution in [-0.2, 0) is 16.6 Å². The Balaban J connectivity index is 1.91. The standard InChI is InChI=1S/C18H18N2O4S/c1-2-20(25(21,22)18-6-4-3-5-15(18)12-19)13-14-7-8-16-17(11-14)24-10-9-23-16/h3-8,11H,2,9-10,13H2,1H3. The molecule has 0 radical (unpaired) electrons. The van der Waals surface area contributed by atoms with Crippen LogP contribution in [0.1, 0.15) is 18.1 Å². The maximum absolute atomic E-state index is 13.0. The number of fused-ring (bicyclic) bond motifs is 1. The number of nitriles is 1. The summed E-state index contributed by atoms with van der Waals surface area (Å²) < 4.78 is 38.3. The van der Waals surface area contributed by atoms with Crippen molar-refractivity contribution in [3.8, 4) is 17.6 Å². The van der Waals surface area contributed by atoms with Gasteiger partial charge in [0.05, 0.1) is 10.5 Å². The predicted molar refractivity (Wildman–Crippen MR) is 91.9 cm³/mol. The molecule has 0 amide bonds. The molecule has 0 fully saturated rings. The molecule has 0 atom stereocenters. The van der Waals surface area contributed by atoms with Gasteiger partial charge in [-0.2, -0.15) is 9.57 Å². The Kier molecular flexibility index (Phi) is 4.93. The van der Waals surface area contributed by atoms with E-state index in [-0.39, 0.29) is 23.5 Å². The summed E-state index contributed by atoms with van der Waals surface area (Å²) in [5, 5.41) is 9.20. The highest BCUT2D eigenvalue weighted by Crippen LogP contribution is 2.31. The first-order valence-corrected chi connectivity index (χ1v) is 9.38. The van der Waals surface area contributed by atoms with Crippen molar-refractivity contribution in [3.63, 3.8) is 0 Å². The van der Waals surface area contributed by atoms with Crippen LogP contribution in [-0.4, -0.2) is 32.5 Å². The van der Waals surface area contributed by atoms with Crippen LogP contribution in [0.3, 0.4) is 0 Å². The second-order valence-corrected chi connectivity index (χ2v) is 7.42. The minimum atomic E-state index is -3.77. The molecule has 3 rings (SSSR count). The Labute approximate surface area is 147 Å². The van der Waals surface area contributed by atoms with Crippen LogP contribution in [0.5, 0.6) is 11.5 Å². The molecule has 25 heavy (non-hydrogen) atoms. The van der Waals surface area contributed by atoms with Crippen molar-refractivity contribution in [2.75, 3.05) is 19.8 Å². The molecule has 0 aliphatic carbocycles. The molecule has 1 heterocycles. The lowest BCUT2D eigenvalue weighted by atomic mass is 10.2. The molecule has 0 spiro atoms. The second kappa shape index (κ2) is 7.13. The van der Waals surface area contributed by atoms with Crippen LogP contribution in [0.4, 0.5) is 0 Å². The van der Waals surface area contributed by atoms with Crippen molar-refractivity contribution < 1.29 is 17.9 Å². The van der Waals surface area contributed by atoms with Gasteiger partial charge in [-0.1, -0.05) is 25.1 Å². The normalized spacial score (nSPS) is 13.5. The first-order chi connectivity index (χ1) is 12.1. The van der Waals surface area contributed by atoms with Crippen molar-refractivity contribution in [2.45, 2.75) is 18.4 Å². The predicted octanol–water partition coefficient (Wildman–Crippen LogP) is 2.54. The average Bonchev–Trinajstić information content (AvgIpc) is 2.65. The highest BCUT2D eigenvalue weighted by atomic mass is 32.2. The van der Waals surface area contributed by atoms with Crippen molar-refractivity contribution in [1.82, 2.24) is 4.31 Å². The number of hydrogen-bond donors (Lipinski definition) is 0. The van der Waals surface area contributed by atoms with Gasteiger partial charge in [-0.25, -0.2) is 8.42 Å². The van der Waals surface area contributed by atoms with E-state index in [1.807, 2.05) is 12.1 Å². The van der Waals surface area contributed by atoms with Crippen LogP contribution in [0.25, 0.3) is 0 Å². The van der Waals surface area contributed by atoms with Gasteiger partial charge in [0.1, 0.15) is 19.3 Å². The molecule has 7 heteroatoms. The van der Waals surface area contributed by atoms with Gasteiger partial charge >= 0.3 is 0 Å². The van der Waals surface area contributed by atoms with Crippen LogP contribution in [0, 0.1) is 11.3 Å². The van der Waals surface area contributed by atoms with Gasteiger partial charge in [-0.3, -0.25) is 0 Å². The van der Waals surface area contributed by atoms with E-state index in [4.69, 9.17) is 9.47 Å². The molecule has 0 saturated heterocycles. The monoisotopic (exact) mass is 358 g/mol. The fraction of sp³-hybridized carbons (Fsp3) is 0.278. The lowest BCUT2D eigenvalue weighted by Crippen LogP contribution is -2.31. The number of rotatable bonds is 5. The molecule has 0 N–H and O–H groups in total. The zero-order chi connectivity index (χ0) is 17.9. The van der Waals surface area contributed by atoms with E-state index in [0.29, 0.717) is 24.7 Å². The summed E-state index contributed by atoms with van der Waals surface area (Å²) in [6.07, 6.45) is 0. The van der Waals surface area contributed by atoms with Gasteiger partial charge in [-0.15, -0.1) is 0 Å². The summed E-state index contributed by atoms with van der Waals surface area (Å²) in [6.45, 7) is 3.23. The first kappa shape index (κ1) is 17.3. The smallest absolute Gasteiger partial charge is 0.244 e. The third-order valence-electron chi connectivity index (χ3n) is 3.94. The Morgan fingerprint density at radius 3 is 2.56 bits per heavy atom. The molecule has 0 bridgehead atoms. The van der Waals surface area contributed by atoms with E-state index in [1.165, 1.54) is 16.4 Å². The van der Waals surface area contributed by atoms with Crippen molar-refractivity contribution in [1.29, 1.82) is 5.26 Å². The summed E-state index contributed by atoms with van der Waals surface area (Å²) >= 11 is 0. The number of nitrogens with zero attached hydrogens (tertiary/aromatic N) is 2. The first-order valence-electron chi connectivity index (χ1n) is 7.94. The van der Waals surface area contributed by atoms with Gasteiger partial charge in [0.2, 0.25) is 10.0 Å². The Morgan fingerprint density at radius 2 is 1.84 bits per heavy atom.